The Kier molecular flexibility index (Phi) is 8.07. The van der Waals surface area contributed by atoms with E-state index in [0.717, 1.165) is 38.5 Å². The Balaban J connectivity index is 2.32. The quantitative estimate of drug-likeness (QED) is 0.576. The molecule has 1 aliphatic rings. The molecule has 0 aliphatic heterocycles. The van der Waals surface area contributed by atoms with Crippen LogP contribution in [0.25, 0.3) is 0 Å². The van der Waals surface area contributed by atoms with Gasteiger partial charge in [-0.05, 0) is 38.5 Å². The van der Waals surface area contributed by atoms with Crippen LogP contribution in [0.5, 0.6) is 0 Å². The summed E-state index contributed by atoms with van der Waals surface area (Å²) in [6, 6.07) is -0.606. The normalized spacial score (nSPS) is 17.3. The summed E-state index contributed by atoms with van der Waals surface area (Å²) in [6.07, 6.45) is 7.09. The maximum atomic E-state index is 12.0. The van der Waals surface area contributed by atoms with Gasteiger partial charge in [0.1, 0.15) is 12.1 Å². The van der Waals surface area contributed by atoms with Crippen molar-refractivity contribution in [3.05, 3.63) is 0 Å². The van der Waals surface area contributed by atoms with E-state index < -0.39 is 12.1 Å². The SMILES string of the molecule is CCCCOC(=O)NC(CC)C(=O)OC1CCCCC1. The first-order chi connectivity index (χ1) is 9.67. The Morgan fingerprint density at radius 2 is 1.90 bits per heavy atom. The van der Waals surface area contributed by atoms with Crippen LogP contribution in [0.4, 0.5) is 4.79 Å². The van der Waals surface area contributed by atoms with Crippen LogP contribution < -0.4 is 5.32 Å². The lowest BCUT2D eigenvalue weighted by atomic mass is 9.98. The summed E-state index contributed by atoms with van der Waals surface area (Å²) in [7, 11) is 0. The smallest absolute Gasteiger partial charge is 0.407 e. The second-order valence-corrected chi connectivity index (χ2v) is 5.29. The Hall–Kier alpha value is -1.26. The Labute approximate surface area is 121 Å². The fourth-order valence-corrected chi connectivity index (χ4v) is 2.25. The van der Waals surface area contributed by atoms with E-state index in [4.69, 9.17) is 9.47 Å². The van der Waals surface area contributed by atoms with Crippen LogP contribution in [-0.2, 0) is 14.3 Å². The molecule has 5 heteroatoms. The number of hydrogen-bond donors (Lipinski definition) is 1. The van der Waals surface area contributed by atoms with E-state index in [2.05, 4.69) is 5.32 Å². The third-order valence-corrected chi connectivity index (χ3v) is 3.55. The minimum Gasteiger partial charge on any atom is -0.461 e. The molecule has 1 amide bonds. The number of rotatable bonds is 7. The molecule has 1 atom stereocenters. The largest absolute Gasteiger partial charge is 0.461 e. The molecule has 0 bridgehead atoms. The number of ether oxygens (including phenoxy) is 2. The second-order valence-electron chi connectivity index (χ2n) is 5.29. The fraction of sp³-hybridized carbons (Fsp3) is 0.867. The van der Waals surface area contributed by atoms with Gasteiger partial charge in [0.2, 0.25) is 0 Å². The molecule has 1 unspecified atom stereocenters. The van der Waals surface area contributed by atoms with Gasteiger partial charge in [0, 0.05) is 0 Å². The van der Waals surface area contributed by atoms with Gasteiger partial charge in [0.15, 0.2) is 0 Å². The number of nitrogens with one attached hydrogen (secondary N) is 1. The van der Waals surface area contributed by atoms with Crippen LogP contribution in [-0.4, -0.2) is 30.8 Å². The molecule has 20 heavy (non-hydrogen) atoms. The van der Waals surface area contributed by atoms with Crippen LogP contribution >= 0.6 is 0 Å². The van der Waals surface area contributed by atoms with Gasteiger partial charge in [0.05, 0.1) is 6.61 Å². The van der Waals surface area contributed by atoms with Gasteiger partial charge in [0.25, 0.3) is 0 Å². The summed E-state index contributed by atoms with van der Waals surface area (Å²) in [5, 5.41) is 2.58. The molecule has 5 nitrogen and oxygen atoms in total. The van der Waals surface area contributed by atoms with E-state index >= 15 is 0 Å². The Morgan fingerprint density at radius 1 is 1.20 bits per heavy atom. The lowest BCUT2D eigenvalue weighted by molar-refractivity contribution is -0.153. The maximum Gasteiger partial charge on any atom is 0.407 e. The molecule has 1 aliphatic carbocycles. The van der Waals surface area contributed by atoms with Crippen molar-refractivity contribution >= 4 is 12.1 Å². The van der Waals surface area contributed by atoms with E-state index in [0.29, 0.717) is 13.0 Å². The topological polar surface area (TPSA) is 64.6 Å². The first-order valence-electron chi connectivity index (χ1n) is 7.81. The molecule has 116 valence electrons. The summed E-state index contributed by atoms with van der Waals surface area (Å²) >= 11 is 0. The number of amides is 1. The van der Waals surface area contributed by atoms with Gasteiger partial charge in [-0.25, -0.2) is 9.59 Å². The lowest BCUT2D eigenvalue weighted by Crippen LogP contribution is -2.43. The highest BCUT2D eigenvalue weighted by Gasteiger charge is 2.25. The predicted octanol–water partition coefficient (Wildman–Crippen LogP) is 3.17. The third-order valence-electron chi connectivity index (χ3n) is 3.55. The molecule has 0 aromatic heterocycles. The average Bonchev–Trinajstić information content (AvgIpc) is 2.46. The van der Waals surface area contributed by atoms with E-state index in [9.17, 15) is 9.59 Å². The van der Waals surface area contributed by atoms with Crippen molar-refractivity contribution in [1.29, 1.82) is 0 Å². The number of carbonyl (C=O) groups excluding carboxylic acids is 2. The van der Waals surface area contributed by atoms with Gasteiger partial charge in [-0.15, -0.1) is 0 Å². The number of esters is 1. The van der Waals surface area contributed by atoms with Gasteiger partial charge in [-0.2, -0.15) is 0 Å². The van der Waals surface area contributed by atoms with Gasteiger partial charge in [-0.3, -0.25) is 0 Å². The van der Waals surface area contributed by atoms with Crippen LogP contribution in [0.3, 0.4) is 0 Å². The first kappa shape index (κ1) is 16.8. The summed E-state index contributed by atoms with van der Waals surface area (Å²) in [6.45, 7) is 4.26. The number of unbranched alkanes of at least 4 members (excludes halogenated alkanes) is 1. The van der Waals surface area contributed by atoms with Gasteiger partial charge >= 0.3 is 12.1 Å². The molecule has 0 aromatic carbocycles. The van der Waals surface area contributed by atoms with Gasteiger partial charge < -0.3 is 14.8 Å². The highest BCUT2D eigenvalue weighted by molar-refractivity contribution is 5.81. The summed E-state index contributed by atoms with van der Waals surface area (Å²) in [5.41, 5.74) is 0. The molecule has 0 radical (unpaired) electrons. The van der Waals surface area contributed by atoms with Crippen LogP contribution in [0.15, 0.2) is 0 Å². The Bertz CT molecular complexity index is 300. The predicted molar refractivity (Wildman–Crippen MR) is 76.4 cm³/mol. The van der Waals surface area contributed by atoms with E-state index in [1.165, 1.54) is 6.42 Å². The maximum absolute atomic E-state index is 12.0. The number of hydrogen-bond acceptors (Lipinski definition) is 4. The van der Waals surface area contributed by atoms with E-state index in [1.54, 1.807) is 0 Å². The zero-order chi connectivity index (χ0) is 14.8. The first-order valence-corrected chi connectivity index (χ1v) is 7.81. The molecule has 1 fully saturated rings. The van der Waals surface area contributed by atoms with Crippen molar-refractivity contribution in [2.45, 2.75) is 77.4 Å². The molecule has 0 saturated heterocycles. The molecular weight excluding hydrogens is 258 g/mol. The highest BCUT2D eigenvalue weighted by atomic mass is 16.6. The lowest BCUT2D eigenvalue weighted by Gasteiger charge is -2.24. The van der Waals surface area contributed by atoms with Crippen molar-refractivity contribution in [3.63, 3.8) is 0 Å². The minimum absolute atomic E-state index is 0.0169. The van der Waals surface area contributed by atoms with Crippen LogP contribution in [0, 0.1) is 0 Å². The van der Waals surface area contributed by atoms with Crippen molar-refractivity contribution in [2.75, 3.05) is 6.61 Å². The van der Waals surface area contributed by atoms with Crippen LogP contribution in [0.2, 0.25) is 0 Å². The molecule has 0 heterocycles. The third kappa shape index (κ3) is 6.26. The molecule has 1 N–H and O–H groups in total. The zero-order valence-corrected chi connectivity index (χ0v) is 12.7. The van der Waals surface area contributed by atoms with Crippen LogP contribution in [0.1, 0.15) is 65.2 Å². The fourth-order valence-electron chi connectivity index (χ4n) is 2.25. The minimum atomic E-state index is -0.606. The standard InChI is InChI=1S/C15H27NO4/c1-3-5-11-19-15(18)16-13(4-2)14(17)20-12-9-7-6-8-10-12/h12-13H,3-11H2,1-2H3,(H,16,18). The van der Waals surface area contributed by atoms with E-state index in [-0.39, 0.29) is 12.1 Å². The Morgan fingerprint density at radius 3 is 2.50 bits per heavy atom. The second kappa shape index (κ2) is 9.61. The van der Waals surface area contributed by atoms with Crippen molar-refractivity contribution < 1.29 is 19.1 Å². The van der Waals surface area contributed by atoms with Gasteiger partial charge in [-0.1, -0.05) is 26.7 Å². The number of alkyl carbamates (subject to hydrolysis) is 1. The van der Waals surface area contributed by atoms with Crippen molar-refractivity contribution in [1.82, 2.24) is 5.32 Å². The summed E-state index contributed by atoms with van der Waals surface area (Å²) < 4.78 is 10.5. The highest BCUT2D eigenvalue weighted by Crippen LogP contribution is 2.20. The molecule has 1 saturated carbocycles. The monoisotopic (exact) mass is 285 g/mol. The molecule has 0 spiro atoms. The molecular formula is C15H27NO4. The summed E-state index contributed by atoms with van der Waals surface area (Å²) in [4.78, 5) is 23.6. The average molecular weight is 285 g/mol. The van der Waals surface area contributed by atoms with Crippen molar-refractivity contribution in [3.8, 4) is 0 Å². The zero-order valence-electron chi connectivity index (χ0n) is 12.7. The number of carbonyl (C=O) groups is 2. The van der Waals surface area contributed by atoms with Crippen molar-refractivity contribution in [2.24, 2.45) is 0 Å². The summed E-state index contributed by atoms with van der Waals surface area (Å²) in [5.74, 6) is -0.341. The molecule has 1 rings (SSSR count). The molecule has 0 aromatic rings. The van der Waals surface area contributed by atoms with E-state index in [1.807, 2.05) is 13.8 Å².